The summed E-state index contributed by atoms with van der Waals surface area (Å²) in [6.45, 7) is 7.68. The summed E-state index contributed by atoms with van der Waals surface area (Å²) in [4.78, 5) is 2.61. The first-order chi connectivity index (χ1) is 6.42. The second kappa shape index (κ2) is 4.40. The molecule has 3 heteroatoms. The van der Waals surface area contributed by atoms with Crippen molar-refractivity contribution in [2.45, 2.75) is 31.8 Å². The lowest BCUT2D eigenvalue weighted by Gasteiger charge is -2.43. The van der Waals surface area contributed by atoms with Gasteiger partial charge in [0.05, 0.1) is 6.61 Å². The Hall–Kier alpha value is -0.120. The van der Waals surface area contributed by atoms with Gasteiger partial charge in [0.2, 0.25) is 0 Å². The number of likely N-dealkylation sites (N-methyl/N-ethyl adjacent to an activating group) is 1. The molecule has 2 aliphatic heterocycles. The van der Waals surface area contributed by atoms with Crippen molar-refractivity contribution in [2.75, 3.05) is 32.8 Å². The van der Waals surface area contributed by atoms with Crippen LogP contribution in [0, 0.1) is 0 Å². The summed E-state index contributed by atoms with van der Waals surface area (Å²) in [5.74, 6) is 0. The van der Waals surface area contributed by atoms with E-state index in [0.717, 1.165) is 19.3 Å². The molecule has 2 aliphatic rings. The van der Waals surface area contributed by atoms with Crippen molar-refractivity contribution in [1.82, 2.24) is 10.2 Å². The third kappa shape index (κ3) is 2.03. The smallest absolute Gasteiger partial charge is 0.0621 e. The fourth-order valence-electron chi connectivity index (χ4n) is 2.31. The molecule has 0 bridgehead atoms. The van der Waals surface area contributed by atoms with Gasteiger partial charge >= 0.3 is 0 Å². The van der Waals surface area contributed by atoms with Crippen LogP contribution in [0.1, 0.15) is 19.8 Å². The van der Waals surface area contributed by atoms with Crippen LogP contribution in [-0.4, -0.2) is 49.8 Å². The Labute approximate surface area is 80.4 Å². The number of hydrogen-bond acceptors (Lipinski definition) is 3. The molecule has 0 aromatic carbocycles. The summed E-state index contributed by atoms with van der Waals surface area (Å²) in [6, 6.07) is 1.46. The van der Waals surface area contributed by atoms with Crippen LogP contribution >= 0.6 is 0 Å². The molecule has 1 N–H and O–H groups in total. The van der Waals surface area contributed by atoms with Crippen LogP contribution in [0.5, 0.6) is 0 Å². The Bertz CT molecular complexity index is 153. The lowest BCUT2D eigenvalue weighted by Crippen LogP contribution is -2.61. The zero-order chi connectivity index (χ0) is 9.10. The van der Waals surface area contributed by atoms with Gasteiger partial charge in [0.1, 0.15) is 0 Å². The number of nitrogens with zero attached hydrogens (tertiary/aromatic N) is 1. The molecule has 1 unspecified atom stereocenters. The van der Waals surface area contributed by atoms with Crippen molar-refractivity contribution in [1.29, 1.82) is 0 Å². The molecule has 0 saturated carbocycles. The molecule has 13 heavy (non-hydrogen) atoms. The first kappa shape index (κ1) is 9.44. The van der Waals surface area contributed by atoms with E-state index >= 15 is 0 Å². The van der Waals surface area contributed by atoms with Crippen molar-refractivity contribution in [3.8, 4) is 0 Å². The lowest BCUT2D eigenvalue weighted by molar-refractivity contribution is -0.00759. The maximum absolute atomic E-state index is 5.52. The molecule has 2 heterocycles. The highest BCUT2D eigenvalue weighted by molar-refractivity contribution is 4.88. The van der Waals surface area contributed by atoms with E-state index in [1.165, 1.54) is 32.5 Å². The average Bonchev–Trinajstić information content (AvgIpc) is 2.12. The lowest BCUT2D eigenvalue weighted by atomic mass is 10.0. The fourth-order valence-corrected chi connectivity index (χ4v) is 2.31. The monoisotopic (exact) mass is 184 g/mol. The molecular weight excluding hydrogens is 164 g/mol. The zero-order valence-electron chi connectivity index (χ0n) is 8.46. The molecular formula is C10H20N2O. The second-order valence-electron chi connectivity index (χ2n) is 4.01. The first-order valence-corrected chi connectivity index (χ1v) is 5.46. The predicted octanol–water partition coefficient (Wildman–Crippen LogP) is 0.459. The minimum absolute atomic E-state index is 0.686. The SMILES string of the molecule is CCN(C1CNC1)C1CCCOC1. The van der Waals surface area contributed by atoms with E-state index in [9.17, 15) is 0 Å². The Balaban J connectivity index is 1.86. The van der Waals surface area contributed by atoms with Crippen molar-refractivity contribution in [3.05, 3.63) is 0 Å². The van der Waals surface area contributed by atoms with Gasteiger partial charge in [-0.05, 0) is 19.4 Å². The maximum atomic E-state index is 5.52. The second-order valence-corrected chi connectivity index (χ2v) is 4.01. The van der Waals surface area contributed by atoms with Gasteiger partial charge in [0.25, 0.3) is 0 Å². The van der Waals surface area contributed by atoms with Crippen molar-refractivity contribution in [3.63, 3.8) is 0 Å². The van der Waals surface area contributed by atoms with Gasteiger partial charge in [-0.3, -0.25) is 4.90 Å². The predicted molar refractivity (Wildman–Crippen MR) is 52.9 cm³/mol. The molecule has 0 aromatic heterocycles. The van der Waals surface area contributed by atoms with Crippen LogP contribution in [0.15, 0.2) is 0 Å². The number of rotatable bonds is 3. The van der Waals surface area contributed by atoms with Crippen LogP contribution in [0.2, 0.25) is 0 Å². The highest BCUT2D eigenvalue weighted by Crippen LogP contribution is 2.17. The van der Waals surface area contributed by atoms with Gasteiger partial charge in [-0.1, -0.05) is 6.92 Å². The van der Waals surface area contributed by atoms with Crippen LogP contribution < -0.4 is 5.32 Å². The number of nitrogens with one attached hydrogen (secondary N) is 1. The molecule has 0 aliphatic carbocycles. The highest BCUT2D eigenvalue weighted by Gasteiger charge is 2.30. The summed E-state index contributed by atoms with van der Waals surface area (Å²) < 4.78 is 5.52. The van der Waals surface area contributed by atoms with Gasteiger partial charge in [0, 0.05) is 31.8 Å². The van der Waals surface area contributed by atoms with Crippen molar-refractivity contribution >= 4 is 0 Å². The van der Waals surface area contributed by atoms with E-state index in [4.69, 9.17) is 4.74 Å². The van der Waals surface area contributed by atoms with E-state index in [-0.39, 0.29) is 0 Å². The molecule has 0 spiro atoms. The van der Waals surface area contributed by atoms with Crippen LogP contribution in [0.3, 0.4) is 0 Å². The zero-order valence-corrected chi connectivity index (χ0v) is 8.46. The van der Waals surface area contributed by atoms with Gasteiger partial charge in [-0.25, -0.2) is 0 Å². The average molecular weight is 184 g/mol. The van der Waals surface area contributed by atoms with Crippen LogP contribution in [0.4, 0.5) is 0 Å². The van der Waals surface area contributed by atoms with E-state index < -0.39 is 0 Å². The number of hydrogen-bond donors (Lipinski definition) is 1. The minimum Gasteiger partial charge on any atom is -0.380 e. The van der Waals surface area contributed by atoms with E-state index in [2.05, 4.69) is 17.1 Å². The summed E-state index contributed by atoms with van der Waals surface area (Å²) in [6.07, 6.45) is 2.56. The van der Waals surface area contributed by atoms with Gasteiger partial charge < -0.3 is 10.1 Å². The highest BCUT2D eigenvalue weighted by atomic mass is 16.5. The van der Waals surface area contributed by atoms with Crippen LogP contribution in [0.25, 0.3) is 0 Å². The summed E-state index contributed by atoms with van der Waals surface area (Å²) in [5.41, 5.74) is 0. The largest absolute Gasteiger partial charge is 0.380 e. The Morgan fingerprint density at radius 1 is 1.38 bits per heavy atom. The molecule has 3 nitrogen and oxygen atoms in total. The van der Waals surface area contributed by atoms with E-state index in [1.54, 1.807) is 0 Å². The summed E-state index contributed by atoms with van der Waals surface area (Å²) in [7, 11) is 0. The normalized spacial score (nSPS) is 30.5. The Morgan fingerprint density at radius 2 is 2.23 bits per heavy atom. The van der Waals surface area contributed by atoms with E-state index in [0.29, 0.717) is 6.04 Å². The third-order valence-corrected chi connectivity index (χ3v) is 3.20. The third-order valence-electron chi connectivity index (χ3n) is 3.20. The fraction of sp³-hybridized carbons (Fsp3) is 1.00. The summed E-state index contributed by atoms with van der Waals surface area (Å²) >= 11 is 0. The Kier molecular flexibility index (Phi) is 3.19. The molecule has 2 saturated heterocycles. The van der Waals surface area contributed by atoms with Crippen molar-refractivity contribution < 1.29 is 4.74 Å². The first-order valence-electron chi connectivity index (χ1n) is 5.46. The van der Waals surface area contributed by atoms with Gasteiger partial charge in [-0.2, -0.15) is 0 Å². The van der Waals surface area contributed by atoms with Gasteiger partial charge in [-0.15, -0.1) is 0 Å². The number of ether oxygens (including phenoxy) is 1. The van der Waals surface area contributed by atoms with Crippen molar-refractivity contribution in [2.24, 2.45) is 0 Å². The molecule has 0 radical (unpaired) electrons. The standard InChI is InChI=1S/C10H20N2O/c1-2-12(10-6-11-7-10)9-4-3-5-13-8-9/h9-11H,2-8H2,1H3. The maximum Gasteiger partial charge on any atom is 0.0621 e. The topological polar surface area (TPSA) is 24.5 Å². The van der Waals surface area contributed by atoms with Gasteiger partial charge in [0.15, 0.2) is 0 Å². The molecule has 0 aromatic rings. The van der Waals surface area contributed by atoms with Crippen LogP contribution in [-0.2, 0) is 4.74 Å². The molecule has 76 valence electrons. The minimum atomic E-state index is 0.686. The van der Waals surface area contributed by atoms with E-state index in [1.807, 2.05) is 0 Å². The molecule has 1 atom stereocenters. The summed E-state index contributed by atoms with van der Waals surface area (Å²) in [5, 5.41) is 3.33. The molecule has 2 rings (SSSR count). The molecule has 0 amide bonds. The Morgan fingerprint density at radius 3 is 2.69 bits per heavy atom. The molecule has 2 fully saturated rings. The quantitative estimate of drug-likeness (QED) is 0.689.